The summed E-state index contributed by atoms with van der Waals surface area (Å²) in [5.74, 6) is 0.522. The first-order chi connectivity index (χ1) is 11.8. The van der Waals surface area contributed by atoms with Crippen molar-refractivity contribution in [2.75, 3.05) is 18.9 Å². The summed E-state index contributed by atoms with van der Waals surface area (Å²) in [5.41, 5.74) is 2.45. The minimum absolute atomic E-state index is 0.0763. The second-order valence-electron chi connectivity index (χ2n) is 5.95. The lowest BCUT2D eigenvalue weighted by atomic mass is 10.0. The molecule has 1 aliphatic rings. The molecule has 1 fully saturated rings. The molecule has 1 amide bonds. The van der Waals surface area contributed by atoms with Gasteiger partial charge in [-0.25, -0.2) is 0 Å². The molecule has 1 heterocycles. The van der Waals surface area contributed by atoms with Gasteiger partial charge in [0, 0.05) is 13.2 Å². The van der Waals surface area contributed by atoms with E-state index in [1.165, 1.54) is 11.1 Å². The fourth-order valence-corrected chi connectivity index (χ4v) is 4.00. The van der Waals surface area contributed by atoms with Crippen LogP contribution in [0.4, 0.5) is 0 Å². The van der Waals surface area contributed by atoms with Crippen LogP contribution in [0.3, 0.4) is 0 Å². The quantitative estimate of drug-likeness (QED) is 0.832. The maximum atomic E-state index is 12.2. The van der Waals surface area contributed by atoms with Gasteiger partial charge in [-0.15, -0.1) is 11.8 Å². The van der Waals surface area contributed by atoms with Crippen molar-refractivity contribution in [1.82, 2.24) is 5.32 Å². The standard InChI is InChI=1S/C20H23NO2S/c22-19(21-14-18-12-7-13-23-18)15-24-20(16-8-3-1-4-9-16)17-10-5-2-6-11-17/h1-6,8-11,18,20H,7,12-15H2,(H,21,22). The molecule has 1 atom stereocenters. The molecule has 126 valence electrons. The van der Waals surface area contributed by atoms with Crippen LogP contribution >= 0.6 is 11.8 Å². The highest BCUT2D eigenvalue weighted by Crippen LogP contribution is 2.35. The van der Waals surface area contributed by atoms with E-state index in [9.17, 15) is 4.79 Å². The van der Waals surface area contributed by atoms with Crippen LogP contribution < -0.4 is 5.32 Å². The summed E-state index contributed by atoms with van der Waals surface area (Å²) in [6.45, 7) is 1.44. The van der Waals surface area contributed by atoms with Gasteiger partial charge < -0.3 is 10.1 Å². The van der Waals surface area contributed by atoms with Crippen LogP contribution in [-0.2, 0) is 9.53 Å². The van der Waals surface area contributed by atoms with Crippen LogP contribution in [0.15, 0.2) is 60.7 Å². The Labute approximate surface area is 147 Å². The summed E-state index contributed by atoms with van der Waals surface area (Å²) in [7, 11) is 0. The normalized spacial score (nSPS) is 17.1. The van der Waals surface area contributed by atoms with Gasteiger partial charge in [0.2, 0.25) is 5.91 Å². The fourth-order valence-electron chi connectivity index (χ4n) is 2.88. The van der Waals surface area contributed by atoms with E-state index in [1.54, 1.807) is 11.8 Å². The average Bonchev–Trinajstić information content (AvgIpc) is 3.16. The number of ether oxygens (including phenoxy) is 1. The Morgan fingerprint density at radius 3 is 2.25 bits per heavy atom. The smallest absolute Gasteiger partial charge is 0.230 e. The first-order valence-electron chi connectivity index (χ1n) is 8.43. The minimum atomic E-state index is 0.0763. The van der Waals surface area contributed by atoms with Crippen molar-refractivity contribution in [2.45, 2.75) is 24.2 Å². The average molecular weight is 341 g/mol. The Bertz CT molecular complexity index is 587. The van der Waals surface area contributed by atoms with Gasteiger partial charge in [0.25, 0.3) is 0 Å². The lowest BCUT2D eigenvalue weighted by Gasteiger charge is -2.18. The first-order valence-corrected chi connectivity index (χ1v) is 9.47. The van der Waals surface area contributed by atoms with Crippen LogP contribution in [-0.4, -0.2) is 30.9 Å². The zero-order valence-electron chi connectivity index (χ0n) is 13.7. The van der Waals surface area contributed by atoms with E-state index < -0.39 is 0 Å². The summed E-state index contributed by atoms with van der Waals surface area (Å²) in [5, 5.41) is 3.17. The highest BCUT2D eigenvalue weighted by atomic mass is 32.2. The van der Waals surface area contributed by atoms with E-state index in [0.717, 1.165) is 19.4 Å². The summed E-state index contributed by atoms with van der Waals surface area (Å²) in [4.78, 5) is 12.2. The molecular weight excluding hydrogens is 318 g/mol. The lowest BCUT2D eigenvalue weighted by Crippen LogP contribution is -2.33. The van der Waals surface area contributed by atoms with Crippen molar-refractivity contribution in [3.05, 3.63) is 71.8 Å². The topological polar surface area (TPSA) is 38.3 Å². The largest absolute Gasteiger partial charge is 0.376 e. The lowest BCUT2D eigenvalue weighted by molar-refractivity contribution is -0.119. The molecule has 1 saturated heterocycles. The molecular formula is C20H23NO2S. The number of hydrogen-bond donors (Lipinski definition) is 1. The Morgan fingerprint density at radius 1 is 1.08 bits per heavy atom. The second kappa shape index (κ2) is 8.90. The van der Waals surface area contributed by atoms with Crippen LogP contribution in [0.1, 0.15) is 29.2 Å². The van der Waals surface area contributed by atoms with E-state index in [4.69, 9.17) is 4.74 Å². The fraction of sp³-hybridized carbons (Fsp3) is 0.350. The number of amides is 1. The van der Waals surface area contributed by atoms with Gasteiger partial charge in [0.15, 0.2) is 0 Å². The van der Waals surface area contributed by atoms with Gasteiger partial charge >= 0.3 is 0 Å². The highest BCUT2D eigenvalue weighted by molar-refractivity contribution is 8.00. The zero-order chi connectivity index (χ0) is 16.6. The molecule has 2 aromatic carbocycles. The minimum Gasteiger partial charge on any atom is -0.376 e. The monoisotopic (exact) mass is 341 g/mol. The Hall–Kier alpha value is -1.78. The van der Waals surface area contributed by atoms with E-state index in [0.29, 0.717) is 12.3 Å². The van der Waals surface area contributed by atoms with Gasteiger partial charge in [0.05, 0.1) is 17.1 Å². The van der Waals surface area contributed by atoms with Crippen molar-refractivity contribution in [1.29, 1.82) is 0 Å². The molecule has 1 aliphatic heterocycles. The molecule has 3 rings (SSSR count). The maximum absolute atomic E-state index is 12.2. The van der Waals surface area contributed by atoms with Gasteiger partial charge in [-0.2, -0.15) is 0 Å². The number of carbonyl (C=O) groups excluding carboxylic acids is 1. The van der Waals surface area contributed by atoms with E-state index in [-0.39, 0.29) is 17.3 Å². The summed E-state index contributed by atoms with van der Waals surface area (Å²) < 4.78 is 5.55. The van der Waals surface area contributed by atoms with E-state index in [1.807, 2.05) is 36.4 Å². The molecule has 3 nitrogen and oxygen atoms in total. The number of hydrogen-bond acceptors (Lipinski definition) is 3. The molecule has 0 aliphatic carbocycles. The van der Waals surface area contributed by atoms with Gasteiger partial charge in [0.1, 0.15) is 0 Å². The Kier molecular flexibility index (Phi) is 6.33. The molecule has 0 bridgehead atoms. The number of thioether (sulfide) groups is 1. The molecule has 0 saturated carbocycles. The molecule has 0 spiro atoms. The second-order valence-corrected chi connectivity index (χ2v) is 7.04. The molecule has 0 aromatic heterocycles. The third kappa shape index (κ3) is 4.86. The van der Waals surface area contributed by atoms with Crippen LogP contribution in [0, 0.1) is 0 Å². The number of carbonyl (C=O) groups is 1. The molecule has 24 heavy (non-hydrogen) atoms. The molecule has 1 N–H and O–H groups in total. The predicted molar refractivity (Wildman–Crippen MR) is 99.2 cm³/mol. The maximum Gasteiger partial charge on any atom is 0.230 e. The number of nitrogens with one attached hydrogen (secondary N) is 1. The number of rotatable bonds is 7. The van der Waals surface area contributed by atoms with Crippen LogP contribution in [0.5, 0.6) is 0 Å². The SMILES string of the molecule is O=C(CSC(c1ccccc1)c1ccccc1)NCC1CCCO1. The van der Waals surface area contributed by atoms with Crippen LogP contribution in [0.25, 0.3) is 0 Å². The van der Waals surface area contributed by atoms with Gasteiger partial charge in [-0.05, 0) is 24.0 Å². The summed E-state index contributed by atoms with van der Waals surface area (Å²) in [6, 6.07) is 20.7. The summed E-state index contributed by atoms with van der Waals surface area (Å²) in [6.07, 6.45) is 2.33. The predicted octanol–water partition coefficient (Wildman–Crippen LogP) is 3.80. The molecule has 4 heteroatoms. The van der Waals surface area contributed by atoms with Crippen molar-refractivity contribution in [3.63, 3.8) is 0 Å². The first kappa shape index (κ1) is 17.1. The van der Waals surface area contributed by atoms with E-state index in [2.05, 4.69) is 29.6 Å². The zero-order valence-corrected chi connectivity index (χ0v) is 14.5. The molecule has 0 radical (unpaired) electrons. The van der Waals surface area contributed by atoms with Crippen molar-refractivity contribution < 1.29 is 9.53 Å². The van der Waals surface area contributed by atoms with Gasteiger partial charge in [-0.3, -0.25) is 4.79 Å². The molecule has 1 unspecified atom stereocenters. The van der Waals surface area contributed by atoms with Crippen molar-refractivity contribution in [2.24, 2.45) is 0 Å². The molecule has 2 aromatic rings. The van der Waals surface area contributed by atoms with Gasteiger partial charge in [-0.1, -0.05) is 60.7 Å². The Morgan fingerprint density at radius 2 is 1.71 bits per heavy atom. The summed E-state index contributed by atoms with van der Waals surface area (Å²) >= 11 is 1.67. The van der Waals surface area contributed by atoms with E-state index >= 15 is 0 Å². The van der Waals surface area contributed by atoms with Crippen molar-refractivity contribution >= 4 is 17.7 Å². The Balaban J connectivity index is 1.59. The van der Waals surface area contributed by atoms with Crippen molar-refractivity contribution in [3.8, 4) is 0 Å². The highest BCUT2D eigenvalue weighted by Gasteiger charge is 2.18. The van der Waals surface area contributed by atoms with Crippen LogP contribution in [0.2, 0.25) is 0 Å². The number of benzene rings is 2. The third-order valence-corrected chi connectivity index (χ3v) is 5.44. The third-order valence-electron chi connectivity index (χ3n) is 4.14.